The standard InChI is InChI=1S/C11H10N2O2/c1-8(13(14)15)6-9-2-3-11-10(7-9)4-5-12-11/h2-7,12H,1H3/b8-6+. The number of hydrogen-bond acceptors (Lipinski definition) is 2. The van der Waals surface area contributed by atoms with E-state index in [0.717, 1.165) is 16.5 Å². The quantitative estimate of drug-likeness (QED) is 0.601. The van der Waals surface area contributed by atoms with Crippen LogP contribution < -0.4 is 0 Å². The Morgan fingerprint density at radius 3 is 3.00 bits per heavy atom. The van der Waals surface area contributed by atoms with E-state index in [2.05, 4.69) is 4.98 Å². The molecule has 1 aromatic carbocycles. The lowest BCUT2D eigenvalue weighted by Crippen LogP contribution is -1.92. The molecule has 1 heterocycles. The summed E-state index contributed by atoms with van der Waals surface area (Å²) in [6.07, 6.45) is 3.41. The van der Waals surface area contributed by atoms with Crippen LogP contribution >= 0.6 is 0 Å². The number of fused-ring (bicyclic) bond motifs is 1. The zero-order valence-corrected chi connectivity index (χ0v) is 8.23. The second-order valence-electron chi connectivity index (χ2n) is 3.37. The van der Waals surface area contributed by atoms with Gasteiger partial charge in [0, 0.05) is 24.7 Å². The van der Waals surface area contributed by atoms with Crippen molar-refractivity contribution in [3.63, 3.8) is 0 Å². The van der Waals surface area contributed by atoms with Crippen LogP contribution in [0.4, 0.5) is 0 Å². The van der Waals surface area contributed by atoms with E-state index >= 15 is 0 Å². The average molecular weight is 202 g/mol. The fourth-order valence-electron chi connectivity index (χ4n) is 1.46. The summed E-state index contributed by atoms with van der Waals surface area (Å²) in [7, 11) is 0. The third kappa shape index (κ3) is 1.88. The number of nitrogens with one attached hydrogen (secondary N) is 1. The van der Waals surface area contributed by atoms with Crippen molar-refractivity contribution in [1.82, 2.24) is 4.98 Å². The first-order valence-electron chi connectivity index (χ1n) is 4.56. The first-order valence-corrected chi connectivity index (χ1v) is 4.56. The number of hydrogen-bond donors (Lipinski definition) is 1. The minimum atomic E-state index is -0.388. The van der Waals surface area contributed by atoms with Crippen LogP contribution in [-0.4, -0.2) is 9.91 Å². The molecule has 0 aliphatic carbocycles. The number of nitrogens with zero attached hydrogens (tertiary/aromatic N) is 1. The summed E-state index contributed by atoms with van der Waals surface area (Å²) < 4.78 is 0. The topological polar surface area (TPSA) is 58.9 Å². The number of aromatic nitrogens is 1. The maximum atomic E-state index is 10.4. The van der Waals surface area contributed by atoms with Crippen molar-refractivity contribution in [2.75, 3.05) is 0 Å². The van der Waals surface area contributed by atoms with E-state index in [0.29, 0.717) is 0 Å². The molecule has 4 nitrogen and oxygen atoms in total. The van der Waals surface area contributed by atoms with E-state index < -0.39 is 0 Å². The van der Waals surface area contributed by atoms with Crippen LogP contribution in [0, 0.1) is 10.1 Å². The summed E-state index contributed by atoms with van der Waals surface area (Å²) in [4.78, 5) is 13.1. The van der Waals surface area contributed by atoms with Crippen molar-refractivity contribution in [2.45, 2.75) is 6.92 Å². The SMILES string of the molecule is C/C(=C\c1ccc2[nH]ccc2c1)[N+](=O)[O-]. The van der Waals surface area contributed by atoms with E-state index in [1.54, 1.807) is 6.08 Å². The number of rotatable bonds is 2. The van der Waals surface area contributed by atoms with Gasteiger partial charge >= 0.3 is 0 Å². The number of allylic oxidation sites excluding steroid dienone is 1. The molecule has 0 saturated heterocycles. The molecule has 0 unspecified atom stereocenters. The second kappa shape index (κ2) is 3.57. The Kier molecular flexibility index (Phi) is 2.25. The fraction of sp³-hybridized carbons (Fsp3) is 0.0909. The predicted octanol–water partition coefficient (Wildman–Crippen LogP) is 2.81. The van der Waals surface area contributed by atoms with Crippen LogP contribution in [0.3, 0.4) is 0 Å². The monoisotopic (exact) mass is 202 g/mol. The molecule has 2 aromatic rings. The van der Waals surface area contributed by atoms with E-state index in [9.17, 15) is 10.1 Å². The van der Waals surface area contributed by atoms with Gasteiger partial charge in [-0.05, 0) is 29.1 Å². The van der Waals surface area contributed by atoms with Gasteiger partial charge in [-0.1, -0.05) is 6.07 Å². The minimum Gasteiger partial charge on any atom is -0.361 e. The highest BCUT2D eigenvalue weighted by atomic mass is 16.6. The van der Waals surface area contributed by atoms with Gasteiger partial charge in [0.1, 0.15) is 0 Å². The van der Waals surface area contributed by atoms with E-state index in [-0.39, 0.29) is 10.6 Å². The van der Waals surface area contributed by atoms with Gasteiger partial charge in [-0.25, -0.2) is 0 Å². The van der Waals surface area contributed by atoms with Crippen molar-refractivity contribution >= 4 is 17.0 Å². The predicted molar refractivity (Wildman–Crippen MR) is 58.9 cm³/mol. The van der Waals surface area contributed by atoms with Gasteiger partial charge < -0.3 is 4.98 Å². The summed E-state index contributed by atoms with van der Waals surface area (Å²) in [6.45, 7) is 1.49. The molecule has 1 aromatic heterocycles. The highest BCUT2D eigenvalue weighted by Gasteiger charge is 2.02. The zero-order chi connectivity index (χ0) is 10.8. The zero-order valence-electron chi connectivity index (χ0n) is 8.23. The summed E-state index contributed by atoms with van der Waals surface area (Å²) in [5, 5.41) is 11.5. The number of H-pyrrole nitrogens is 1. The van der Waals surface area contributed by atoms with Crippen LogP contribution in [0.1, 0.15) is 12.5 Å². The first kappa shape index (κ1) is 9.45. The molecule has 0 radical (unpaired) electrons. The minimum absolute atomic E-state index is 0.143. The largest absolute Gasteiger partial charge is 0.361 e. The number of aromatic amines is 1. The summed E-state index contributed by atoms with van der Waals surface area (Å²) >= 11 is 0. The molecule has 0 aliphatic rings. The average Bonchev–Trinajstić information content (AvgIpc) is 2.64. The molecule has 15 heavy (non-hydrogen) atoms. The van der Waals surface area contributed by atoms with Crippen LogP contribution in [0.2, 0.25) is 0 Å². The van der Waals surface area contributed by atoms with Crippen molar-refractivity contribution < 1.29 is 4.92 Å². The van der Waals surface area contributed by atoms with Gasteiger partial charge in [0.25, 0.3) is 0 Å². The lowest BCUT2D eigenvalue weighted by atomic mass is 10.1. The Bertz CT molecular complexity index is 540. The molecule has 0 saturated carbocycles. The van der Waals surface area contributed by atoms with Crippen LogP contribution in [0.15, 0.2) is 36.2 Å². The highest BCUT2D eigenvalue weighted by molar-refractivity contribution is 5.81. The van der Waals surface area contributed by atoms with Crippen LogP contribution in [0.25, 0.3) is 17.0 Å². The normalized spacial score (nSPS) is 11.9. The lowest BCUT2D eigenvalue weighted by molar-refractivity contribution is -0.422. The molecule has 0 amide bonds. The third-order valence-electron chi connectivity index (χ3n) is 2.24. The molecular formula is C11H10N2O2. The summed E-state index contributed by atoms with van der Waals surface area (Å²) in [5.74, 6) is 0. The Hall–Kier alpha value is -2.10. The van der Waals surface area contributed by atoms with Gasteiger partial charge in [-0.2, -0.15) is 0 Å². The summed E-state index contributed by atoms with van der Waals surface area (Å²) in [6, 6.07) is 7.62. The van der Waals surface area contributed by atoms with Crippen molar-refractivity contribution in [3.05, 3.63) is 51.8 Å². The maximum absolute atomic E-state index is 10.4. The number of benzene rings is 1. The van der Waals surface area contributed by atoms with Crippen molar-refractivity contribution in [3.8, 4) is 0 Å². The Labute approximate surface area is 86.4 Å². The first-order chi connectivity index (χ1) is 7.16. The van der Waals surface area contributed by atoms with E-state index in [4.69, 9.17) is 0 Å². The molecule has 1 N–H and O–H groups in total. The van der Waals surface area contributed by atoms with Crippen molar-refractivity contribution in [2.24, 2.45) is 0 Å². The molecule has 0 aliphatic heterocycles. The van der Waals surface area contributed by atoms with Gasteiger partial charge in [0.15, 0.2) is 0 Å². The molecular weight excluding hydrogens is 192 g/mol. The van der Waals surface area contributed by atoms with Crippen LogP contribution in [0.5, 0.6) is 0 Å². The molecule has 0 fully saturated rings. The molecule has 2 rings (SSSR count). The van der Waals surface area contributed by atoms with Crippen LogP contribution in [-0.2, 0) is 0 Å². The van der Waals surface area contributed by atoms with Gasteiger partial charge in [-0.15, -0.1) is 0 Å². The Morgan fingerprint density at radius 2 is 2.27 bits per heavy atom. The lowest BCUT2D eigenvalue weighted by Gasteiger charge is -1.94. The summed E-state index contributed by atoms with van der Waals surface area (Å²) in [5.41, 5.74) is 2.02. The molecule has 76 valence electrons. The van der Waals surface area contributed by atoms with Gasteiger partial charge in [-0.3, -0.25) is 10.1 Å². The molecule has 4 heteroatoms. The molecule has 0 atom stereocenters. The van der Waals surface area contributed by atoms with Crippen molar-refractivity contribution in [1.29, 1.82) is 0 Å². The van der Waals surface area contributed by atoms with Gasteiger partial charge in [0.2, 0.25) is 5.70 Å². The number of nitro groups is 1. The second-order valence-corrected chi connectivity index (χ2v) is 3.37. The fourth-order valence-corrected chi connectivity index (χ4v) is 1.46. The van der Waals surface area contributed by atoms with E-state index in [1.165, 1.54) is 6.92 Å². The molecule has 0 bridgehead atoms. The van der Waals surface area contributed by atoms with E-state index in [1.807, 2.05) is 30.5 Å². The Morgan fingerprint density at radius 1 is 1.47 bits per heavy atom. The maximum Gasteiger partial charge on any atom is 0.243 e. The smallest absolute Gasteiger partial charge is 0.243 e. The Balaban J connectivity index is 2.44. The molecule has 0 spiro atoms. The third-order valence-corrected chi connectivity index (χ3v) is 2.24. The highest BCUT2D eigenvalue weighted by Crippen LogP contribution is 2.16. The van der Waals surface area contributed by atoms with Gasteiger partial charge in [0.05, 0.1) is 4.92 Å².